The highest BCUT2D eigenvalue weighted by molar-refractivity contribution is 6.07. The molecule has 1 amide bonds. The summed E-state index contributed by atoms with van der Waals surface area (Å²) in [5.41, 5.74) is -3.31. The van der Waals surface area contributed by atoms with Gasteiger partial charge in [0.2, 0.25) is 0 Å². The van der Waals surface area contributed by atoms with Crippen LogP contribution in [0.5, 0.6) is 0 Å². The number of carbonyl (C=O) groups excluding carboxylic acids is 1. The van der Waals surface area contributed by atoms with Crippen molar-refractivity contribution in [3.05, 3.63) is 48.0 Å². The van der Waals surface area contributed by atoms with Crippen molar-refractivity contribution in [3.63, 3.8) is 0 Å². The summed E-state index contributed by atoms with van der Waals surface area (Å²) in [6.07, 6.45) is 0.509. The van der Waals surface area contributed by atoms with E-state index in [0.717, 1.165) is 17.0 Å². The Labute approximate surface area is 140 Å². The molecular weight excluding hydrogens is 338 g/mol. The number of rotatable bonds is 5. The predicted molar refractivity (Wildman–Crippen MR) is 82.6 cm³/mol. The molecule has 3 atom stereocenters. The molecule has 25 heavy (non-hydrogen) atoms. The molecule has 0 radical (unpaired) electrons. The Bertz CT molecular complexity index is 840. The minimum absolute atomic E-state index is 0.0492. The molecule has 12 heteroatoms. The fourth-order valence-electron chi connectivity index (χ4n) is 3.57. The van der Waals surface area contributed by atoms with Crippen molar-refractivity contribution < 1.29 is 19.6 Å². The van der Waals surface area contributed by atoms with Crippen LogP contribution in [0.4, 0.5) is 17.1 Å². The maximum atomic E-state index is 12.7. The van der Waals surface area contributed by atoms with Crippen LogP contribution in [0.25, 0.3) is 0 Å². The molecule has 1 unspecified atom stereocenters. The van der Waals surface area contributed by atoms with Crippen molar-refractivity contribution in [3.8, 4) is 0 Å². The number of nitrogens with zero attached hydrogens (tertiary/aromatic N) is 5. The number of benzene rings is 1. The van der Waals surface area contributed by atoms with Crippen LogP contribution in [0.2, 0.25) is 0 Å². The lowest BCUT2D eigenvalue weighted by molar-refractivity contribution is -0.535. The molecule has 2 heterocycles. The number of amides is 1. The van der Waals surface area contributed by atoms with E-state index in [1.54, 1.807) is 6.92 Å². The van der Waals surface area contributed by atoms with E-state index in [1.165, 1.54) is 11.9 Å². The Morgan fingerprint density at radius 3 is 2.28 bits per heavy atom. The molecule has 3 rings (SSSR count). The van der Waals surface area contributed by atoms with Crippen molar-refractivity contribution >= 4 is 23.0 Å². The highest BCUT2D eigenvalue weighted by atomic mass is 16.6. The standard InChI is InChI=1S/C13H13N5O7/c1-3-4-15-11-8-5-7(16(20)21)6-9(17(22)23)10(8)14(2)12(19)13(11,15)18(24)25/h5-6,11H,3-4H2,1-2H3/t11-,13+,15?/m1/s1. The Morgan fingerprint density at radius 2 is 1.80 bits per heavy atom. The molecule has 132 valence electrons. The number of hydrogen-bond donors (Lipinski definition) is 0. The molecule has 0 bridgehead atoms. The lowest BCUT2D eigenvalue weighted by Gasteiger charge is -2.24. The molecule has 1 aromatic carbocycles. The van der Waals surface area contributed by atoms with E-state index in [-0.39, 0.29) is 17.8 Å². The highest BCUT2D eigenvalue weighted by Crippen LogP contribution is 2.61. The molecule has 1 aromatic rings. The lowest BCUT2D eigenvalue weighted by Crippen LogP contribution is -2.49. The van der Waals surface area contributed by atoms with Gasteiger partial charge in [-0.1, -0.05) is 6.92 Å². The van der Waals surface area contributed by atoms with Crippen molar-refractivity contribution in [2.24, 2.45) is 0 Å². The quantitative estimate of drug-likeness (QED) is 0.436. The molecule has 1 saturated heterocycles. The van der Waals surface area contributed by atoms with E-state index < -0.39 is 43.8 Å². The summed E-state index contributed by atoms with van der Waals surface area (Å²) in [5, 5.41) is 34.1. The van der Waals surface area contributed by atoms with E-state index in [2.05, 4.69) is 0 Å². The monoisotopic (exact) mass is 351 g/mol. The number of anilines is 1. The topological polar surface area (TPSA) is 153 Å². The molecule has 0 spiro atoms. The van der Waals surface area contributed by atoms with Crippen LogP contribution in [0, 0.1) is 30.3 Å². The third-order valence-electron chi connectivity index (χ3n) is 4.57. The summed E-state index contributed by atoms with van der Waals surface area (Å²) in [6.45, 7) is 1.98. The fourth-order valence-corrected chi connectivity index (χ4v) is 3.57. The summed E-state index contributed by atoms with van der Waals surface area (Å²) < 4.78 is 0. The third-order valence-corrected chi connectivity index (χ3v) is 4.57. The van der Waals surface area contributed by atoms with Crippen LogP contribution >= 0.6 is 0 Å². The first kappa shape index (κ1) is 16.7. The fraction of sp³-hybridized carbons (Fsp3) is 0.462. The molecule has 0 aromatic heterocycles. The molecular formula is C13H13N5O7. The van der Waals surface area contributed by atoms with Gasteiger partial charge in [-0.2, -0.15) is 0 Å². The number of carbonyl (C=O) groups is 1. The van der Waals surface area contributed by atoms with Crippen molar-refractivity contribution in [2.45, 2.75) is 25.0 Å². The van der Waals surface area contributed by atoms with Gasteiger partial charge in [0.05, 0.1) is 20.8 Å². The van der Waals surface area contributed by atoms with Crippen molar-refractivity contribution in [1.82, 2.24) is 4.90 Å². The van der Waals surface area contributed by atoms with Gasteiger partial charge in [0.25, 0.3) is 11.4 Å². The van der Waals surface area contributed by atoms with Crippen LogP contribution in [0.3, 0.4) is 0 Å². The minimum atomic E-state index is -2.05. The van der Waals surface area contributed by atoms with E-state index in [9.17, 15) is 35.1 Å². The lowest BCUT2D eigenvalue weighted by atomic mass is 9.96. The van der Waals surface area contributed by atoms with Gasteiger partial charge in [0, 0.05) is 25.2 Å². The van der Waals surface area contributed by atoms with Gasteiger partial charge in [-0.25, -0.2) is 4.90 Å². The smallest absolute Gasteiger partial charge is 0.302 e. The Morgan fingerprint density at radius 1 is 1.16 bits per heavy atom. The number of nitro benzene ring substituents is 2. The second-order valence-corrected chi connectivity index (χ2v) is 5.86. The van der Waals surface area contributed by atoms with Gasteiger partial charge < -0.3 is 4.90 Å². The average molecular weight is 351 g/mol. The van der Waals surface area contributed by atoms with E-state index in [0.29, 0.717) is 6.42 Å². The molecule has 0 aliphatic carbocycles. The maximum Gasteiger partial charge on any atom is 0.376 e. The van der Waals surface area contributed by atoms with Crippen LogP contribution in [-0.4, -0.2) is 44.8 Å². The third kappa shape index (κ3) is 1.94. The van der Waals surface area contributed by atoms with Crippen molar-refractivity contribution in [1.29, 1.82) is 0 Å². The number of nitro groups is 3. The van der Waals surface area contributed by atoms with E-state index >= 15 is 0 Å². The zero-order chi connectivity index (χ0) is 18.7. The van der Waals surface area contributed by atoms with Crippen LogP contribution < -0.4 is 4.90 Å². The Balaban J connectivity index is 2.31. The van der Waals surface area contributed by atoms with Gasteiger partial charge in [0.15, 0.2) is 0 Å². The number of likely N-dealkylation sites (N-methyl/N-ethyl adjacent to an activating group) is 1. The SMILES string of the molecule is CCCN1[C@@H]2c3cc([N+](=O)[O-])cc([N+](=O)[O-])c3N(C)C(=O)[C@@]21[N+](=O)[O-]. The second kappa shape index (κ2) is 5.17. The van der Waals surface area contributed by atoms with E-state index in [4.69, 9.17) is 0 Å². The number of hydrogen-bond acceptors (Lipinski definition) is 8. The zero-order valence-electron chi connectivity index (χ0n) is 13.2. The highest BCUT2D eigenvalue weighted by Gasteiger charge is 2.83. The van der Waals surface area contributed by atoms with Crippen LogP contribution in [0.15, 0.2) is 12.1 Å². The number of non-ortho nitro benzene ring substituents is 1. The van der Waals surface area contributed by atoms with E-state index in [1.807, 2.05) is 0 Å². The first-order valence-electron chi connectivity index (χ1n) is 7.35. The summed E-state index contributed by atoms with van der Waals surface area (Å²) in [5.74, 6) is -0.889. The summed E-state index contributed by atoms with van der Waals surface area (Å²) in [6, 6.07) is 0.776. The molecule has 0 N–H and O–H groups in total. The summed E-state index contributed by atoms with van der Waals surface area (Å²) in [7, 11) is 1.20. The minimum Gasteiger partial charge on any atom is -0.302 e. The van der Waals surface area contributed by atoms with Gasteiger partial charge in [-0.3, -0.25) is 35.1 Å². The molecule has 12 nitrogen and oxygen atoms in total. The van der Waals surface area contributed by atoms with Gasteiger partial charge >= 0.3 is 11.6 Å². The maximum absolute atomic E-state index is 12.7. The predicted octanol–water partition coefficient (Wildman–Crippen LogP) is 1.22. The van der Waals surface area contributed by atoms with Crippen LogP contribution in [-0.2, 0) is 4.79 Å². The average Bonchev–Trinajstić information content (AvgIpc) is 3.21. The first-order chi connectivity index (χ1) is 11.7. The zero-order valence-corrected chi connectivity index (χ0v) is 13.2. The summed E-state index contributed by atoms with van der Waals surface area (Å²) in [4.78, 5) is 46.6. The summed E-state index contributed by atoms with van der Waals surface area (Å²) >= 11 is 0. The Hall–Kier alpha value is -3.15. The molecule has 1 fully saturated rings. The molecule has 0 saturated carbocycles. The largest absolute Gasteiger partial charge is 0.376 e. The molecule has 2 aliphatic rings. The normalized spacial score (nSPS) is 26.6. The van der Waals surface area contributed by atoms with Gasteiger partial charge in [-0.15, -0.1) is 0 Å². The van der Waals surface area contributed by atoms with Gasteiger partial charge in [-0.05, 0) is 6.42 Å². The Kier molecular flexibility index (Phi) is 3.46. The first-order valence-corrected chi connectivity index (χ1v) is 7.35. The van der Waals surface area contributed by atoms with Crippen molar-refractivity contribution in [2.75, 3.05) is 18.5 Å². The van der Waals surface area contributed by atoms with Gasteiger partial charge in [0.1, 0.15) is 11.7 Å². The molecule has 2 aliphatic heterocycles. The van der Waals surface area contributed by atoms with Crippen LogP contribution in [0.1, 0.15) is 24.9 Å². The second-order valence-electron chi connectivity index (χ2n) is 5.86. The number of fused-ring (bicyclic) bond motifs is 3.